The molecule has 0 radical (unpaired) electrons. The number of anilines is 1. The van der Waals surface area contributed by atoms with E-state index in [0.29, 0.717) is 23.3 Å². The first kappa shape index (κ1) is 16.9. The number of aromatic carboxylic acids is 1. The van der Waals surface area contributed by atoms with Gasteiger partial charge in [-0.1, -0.05) is 56.3 Å². The van der Waals surface area contributed by atoms with Crippen molar-refractivity contribution in [2.75, 3.05) is 5.32 Å². The smallest absolute Gasteiger partial charge is 0.336 e. The molecular weight excluding hydrogens is 322 g/mol. The molecule has 0 amide bonds. The summed E-state index contributed by atoms with van der Waals surface area (Å²) < 4.78 is 0. The summed E-state index contributed by atoms with van der Waals surface area (Å²) >= 11 is 0. The molecule has 1 heterocycles. The van der Waals surface area contributed by atoms with Crippen LogP contribution in [-0.2, 0) is 0 Å². The maximum absolute atomic E-state index is 11.5. The number of carboxylic acid groups (broad SMARTS) is 1. The fraction of sp³-hybridized carbons (Fsp3) is 0.348. The normalized spacial score (nSPS) is 23.5. The number of nitrogens with one attached hydrogen (secondary N) is 1. The second-order valence-corrected chi connectivity index (χ2v) is 7.80. The number of rotatable bonds is 3. The van der Waals surface area contributed by atoms with Gasteiger partial charge in [0.15, 0.2) is 0 Å². The molecule has 1 aliphatic heterocycles. The van der Waals surface area contributed by atoms with E-state index in [2.05, 4.69) is 55.6 Å². The molecule has 2 aromatic carbocycles. The Kier molecular flexibility index (Phi) is 4.10. The first-order valence-corrected chi connectivity index (χ1v) is 9.37. The summed E-state index contributed by atoms with van der Waals surface area (Å²) in [7, 11) is 0. The molecule has 0 unspecified atom stereocenters. The summed E-state index contributed by atoms with van der Waals surface area (Å²) in [6.45, 7) is 6.32. The van der Waals surface area contributed by atoms with Crippen molar-refractivity contribution in [1.29, 1.82) is 0 Å². The lowest BCUT2D eigenvalue weighted by atomic mass is 9.75. The summed E-state index contributed by atoms with van der Waals surface area (Å²) in [6.07, 6.45) is 5.61. The SMILES string of the molecule is Cc1c(C(=O)O)ccc2c1N[C@@H](c1ccc(C(C)C)cc1)[C@@H]1CC=C[C@H]21. The van der Waals surface area contributed by atoms with Crippen LogP contribution >= 0.6 is 0 Å². The topological polar surface area (TPSA) is 49.3 Å². The van der Waals surface area contributed by atoms with Gasteiger partial charge >= 0.3 is 5.97 Å². The van der Waals surface area contributed by atoms with Crippen molar-refractivity contribution in [2.45, 2.75) is 45.1 Å². The molecular formula is C23H25NO2. The van der Waals surface area contributed by atoms with Crippen molar-refractivity contribution in [3.63, 3.8) is 0 Å². The number of hydrogen-bond acceptors (Lipinski definition) is 2. The van der Waals surface area contributed by atoms with E-state index in [1.165, 1.54) is 16.7 Å². The highest BCUT2D eigenvalue weighted by atomic mass is 16.4. The summed E-state index contributed by atoms with van der Waals surface area (Å²) in [5.41, 5.74) is 6.05. The van der Waals surface area contributed by atoms with Gasteiger partial charge in [-0.15, -0.1) is 0 Å². The largest absolute Gasteiger partial charge is 0.478 e. The van der Waals surface area contributed by atoms with Crippen LogP contribution in [-0.4, -0.2) is 11.1 Å². The third-order valence-electron chi connectivity index (χ3n) is 5.99. The van der Waals surface area contributed by atoms with E-state index in [-0.39, 0.29) is 6.04 Å². The van der Waals surface area contributed by atoms with Crippen molar-refractivity contribution < 1.29 is 9.90 Å². The number of carbonyl (C=O) groups is 1. The number of hydrogen-bond donors (Lipinski definition) is 2. The van der Waals surface area contributed by atoms with Gasteiger partial charge in [0.05, 0.1) is 11.6 Å². The Morgan fingerprint density at radius 1 is 1.15 bits per heavy atom. The average Bonchev–Trinajstić information content (AvgIpc) is 3.11. The van der Waals surface area contributed by atoms with E-state index in [9.17, 15) is 9.90 Å². The van der Waals surface area contributed by atoms with E-state index in [1.54, 1.807) is 6.07 Å². The Bertz CT molecular complexity index is 880. The lowest BCUT2D eigenvalue weighted by Crippen LogP contribution is -2.30. The van der Waals surface area contributed by atoms with E-state index in [4.69, 9.17) is 0 Å². The molecule has 4 rings (SSSR count). The molecule has 26 heavy (non-hydrogen) atoms. The molecule has 3 heteroatoms. The Morgan fingerprint density at radius 3 is 2.54 bits per heavy atom. The maximum atomic E-state index is 11.5. The van der Waals surface area contributed by atoms with Crippen LogP contribution in [0.25, 0.3) is 0 Å². The highest BCUT2D eigenvalue weighted by molar-refractivity contribution is 5.92. The van der Waals surface area contributed by atoms with Crippen LogP contribution in [0.2, 0.25) is 0 Å². The standard InChI is InChI=1S/C23H25NO2/c1-13(2)15-7-9-16(10-8-15)22-19-6-4-5-18(19)20-12-11-17(23(25)26)14(3)21(20)24-22/h4-5,7-13,18-19,22,24H,6H2,1-3H3,(H,25,26)/t18-,19+,22-/m0/s1. The van der Waals surface area contributed by atoms with E-state index in [1.807, 2.05) is 13.0 Å². The van der Waals surface area contributed by atoms with Crippen LogP contribution in [0.15, 0.2) is 48.6 Å². The second kappa shape index (κ2) is 6.31. The minimum absolute atomic E-state index is 0.200. The minimum Gasteiger partial charge on any atom is -0.478 e. The van der Waals surface area contributed by atoms with Gasteiger partial charge in [0.25, 0.3) is 0 Å². The van der Waals surface area contributed by atoms with Crippen molar-refractivity contribution in [2.24, 2.45) is 5.92 Å². The number of carboxylic acids is 1. The summed E-state index contributed by atoms with van der Waals surface area (Å²) in [5.74, 6) is 0.476. The molecule has 1 aliphatic carbocycles. The van der Waals surface area contributed by atoms with Gasteiger partial charge in [-0.3, -0.25) is 0 Å². The van der Waals surface area contributed by atoms with Crippen molar-refractivity contribution in [1.82, 2.24) is 0 Å². The van der Waals surface area contributed by atoms with Crippen LogP contribution in [0.4, 0.5) is 5.69 Å². The molecule has 134 valence electrons. The molecule has 3 nitrogen and oxygen atoms in total. The third kappa shape index (κ3) is 2.63. The van der Waals surface area contributed by atoms with Crippen LogP contribution in [0.1, 0.15) is 70.8 Å². The highest BCUT2D eigenvalue weighted by Gasteiger charge is 2.38. The predicted octanol–water partition coefficient (Wildman–Crippen LogP) is 5.64. The quantitative estimate of drug-likeness (QED) is 0.706. The Balaban J connectivity index is 1.77. The van der Waals surface area contributed by atoms with Crippen molar-refractivity contribution in [3.8, 4) is 0 Å². The molecule has 0 bridgehead atoms. The molecule has 2 N–H and O–H groups in total. The monoisotopic (exact) mass is 347 g/mol. The van der Waals surface area contributed by atoms with Gasteiger partial charge in [-0.25, -0.2) is 4.79 Å². The zero-order valence-electron chi connectivity index (χ0n) is 15.5. The lowest BCUT2D eigenvalue weighted by Gasteiger charge is -2.38. The molecule has 2 aromatic rings. The van der Waals surface area contributed by atoms with Crippen LogP contribution < -0.4 is 5.32 Å². The third-order valence-corrected chi connectivity index (χ3v) is 5.99. The summed E-state index contributed by atoms with van der Waals surface area (Å²) in [4.78, 5) is 11.5. The Hall–Kier alpha value is -2.55. The predicted molar refractivity (Wildman–Crippen MR) is 105 cm³/mol. The molecule has 0 fully saturated rings. The van der Waals surface area contributed by atoms with E-state index in [0.717, 1.165) is 17.7 Å². The Labute approximate surface area is 154 Å². The van der Waals surface area contributed by atoms with Gasteiger partial charge in [0.1, 0.15) is 0 Å². The van der Waals surface area contributed by atoms with Gasteiger partial charge in [0, 0.05) is 11.6 Å². The van der Waals surface area contributed by atoms with Gasteiger partial charge in [-0.05, 0) is 53.5 Å². The molecule has 0 spiro atoms. The molecule has 3 atom stereocenters. The van der Waals surface area contributed by atoms with E-state index >= 15 is 0 Å². The zero-order valence-corrected chi connectivity index (χ0v) is 15.5. The molecule has 2 aliphatic rings. The summed E-state index contributed by atoms with van der Waals surface area (Å²) in [5, 5.41) is 13.2. The molecule has 0 aromatic heterocycles. The average molecular weight is 347 g/mol. The highest BCUT2D eigenvalue weighted by Crippen LogP contribution is 2.51. The second-order valence-electron chi connectivity index (χ2n) is 7.80. The van der Waals surface area contributed by atoms with Crippen LogP contribution in [0.5, 0.6) is 0 Å². The lowest BCUT2D eigenvalue weighted by molar-refractivity contribution is 0.0696. The summed E-state index contributed by atoms with van der Waals surface area (Å²) in [6, 6.07) is 12.8. The molecule has 0 saturated heterocycles. The van der Waals surface area contributed by atoms with Gasteiger partial charge < -0.3 is 10.4 Å². The first-order chi connectivity index (χ1) is 12.5. The molecule has 0 saturated carbocycles. The van der Waals surface area contributed by atoms with Crippen LogP contribution in [0, 0.1) is 12.8 Å². The number of fused-ring (bicyclic) bond motifs is 3. The van der Waals surface area contributed by atoms with Crippen LogP contribution in [0.3, 0.4) is 0 Å². The fourth-order valence-corrected chi connectivity index (χ4v) is 4.46. The fourth-order valence-electron chi connectivity index (χ4n) is 4.46. The maximum Gasteiger partial charge on any atom is 0.336 e. The zero-order chi connectivity index (χ0) is 18.4. The van der Waals surface area contributed by atoms with Gasteiger partial charge in [0.2, 0.25) is 0 Å². The van der Waals surface area contributed by atoms with Crippen molar-refractivity contribution in [3.05, 3.63) is 76.4 Å². The number of benzene rings is 2. The Morgan fingerprint density at radius 2 is 1.88 bits per heavy atom. The minimum atomic E-state index is -0.867. The first-order valence-electron chi connectivity index (χ1n) is 9.37. The van der Waals surface area contributed by atoms with E-state index < -0.39 is 5.97 Å². The van der Waals surface area contributed by atoms with Crippen molar-refractivity contribution >= 4 is 11.7 Å². The van der Waals surface area contributed by atoms with Gasteiger partial charge in [-0.2, -0.15) is 0 Å². The number of allylic oxidation sites excluding steroid dienone is 2.